The van der Waals surface area contributed by atoms with E-state index in [1.165, 1.54) is 0 Å². The average molecular weight is 297 g/mol. The second-order valence-electron chi connectivity index (χ2n) is 6.56. The fraction of sp³-hybridized carbons (Fsp3) is 0.625. The largest absolute Gasteiger partial charge is 0.317 e. The first-order chi connectivity index (χ1) is 9.09. The van der Waals surface area contributed by atoms with Crippen molar-refractivity contribution in [3.05, 3.63) is 29.8 Å². The molecule has 1 aromatic carbocycles. The fourth-order valence-corrected chi connectivity index (χ4v) is 3.64. The van der Waals surface area contributed by atoms with Crippen LogP contribution >= 0.6 is 0 Å². The van der Waals surface area contributed by atoms with Crippen molar-refractivity contribution in [2.24, 2.45) is 0 Å². The highest BCUT2D eigenvalue weighted by molar-refractivity contribution is 7.92. The Kier molecular flexibility index (Phi) is 5.39. The van der Waals surface area contributed by atoms with Gasteiger partial charge in [-0.15, -0.1) is 0 Å². The molecule has 1 aromatic rings. The van der Waals surface area contributed by atoms with Crippen LogP contribution in [0, 0.1) is 0 Å². The topological polar surface area (TPSA) is 46.2 Å². The first kappa shape index (κ1) is 17.2. The van der Waals surface area contributed by atoms with Gasteiger partial charge in [0.1, 0.15) is 0 Å². The predicted octanol–water partition coefficient (Wildman–Crippen LogP) is 3.14. The SMILES string of the molecule is CNC(C)CC(C)S(=O)(=O)c1ccc(C(C)(C)C)cc1. The standard InChI is InChI=1S/C16H27NO2S/c1-12(17-6)11-13(2)20(18,19)15-9-7-14(8-10-15)16(3,4)5/h7-10,12-13,17H,11H2,1-6H3. The highest BCUT2D eigenvalue weighted by Gasteiger charge is 2.25. The van der Waals surface area contributed by atoms with Crippen molar-refractivity contribution in [1.29, 1.82) is 0 Å². The molecule has 0 aliphatic rings. The van der Waals surface area contributed by atoms with Gasteiger partial charge in [0, 0.05) is 6.04 Å². The minimum atomic E-state index is -3.25. The number of hydrogen-bond acceptors (Lipinski definition) is 3. The number of rotatable bonds is 5. The van der Waals surface area contributed by atoms with Crippen molar-refractivity contribution in [3.8, 4) is 0 Å². The van der Waals surface area contributed by atoms with Crippen LogP contribution in [0.15, 0.2) is 29.2 Å². The quantitative estimate of drug-likeness (QED) is 0.908. The van der Waals surface area contributed by atoms with Crippen LogP contribution in [0.5, 0.6) is 0 Å². The molecule has 0 spiro atoms. The van der Waals surface area contributed by atoms with E-state index in [4.69, 9.17) is 0 Å². The Bertz CT molecular complexity index is 527. The van der Waals surface area contributed by atoms with Crippen LogP contribution in [0.1, 0.15) is 46.6 Å². The Hall–Kier alpha value is -0.870. The number of hydrogen-bond donors (Lipinski definition) is 1. The average Bonchev–Trinajstić information content (AvgIpc) is 2.37. The zero-order valence-corrected chi connectivity index (χ0v) is 14.2. The normalized spacial score (nSPS) is 15.9. The van der Waals surface area contributed by atoms with Crippen LogP contribution in [0.4, 0.5) is 0 Å². The van der Waals surface area contributed by atoms with Crippen molar-refractivity contribution in [3.63, 3.8) is 0 Å². The number of sulfone groups is 1. The third-order valence-electron chi connectivity index (χ3n) is 3.76. The van der Waals surface area contributed by atoms with E-state index in [0.717, 1.165) is 5.56 Å². The van der Waals surface area contributed by atoms with Crippen LogP contribution in [-0.4, -0.2) is 26.8 Å². The predicted molar refractivity (Wildman–Crippen MR) is 84.9 cm³/mol. The van der Waals surface area contributed by atoms with Gasteiger partial charge in [0.15, 0.2) is 9.84 Å². The number of benzene rings is 1. The Morgan fingerprint density at radius 3 is 2.00 bits per heavy atom. The lowest BCUT2D eigenvalue weighted by Gasteiger charge is -2.20. The highest BCUT2D eigenvalue weighted by atomic mass is 32.2. The van der Waals surface area contributed by atoms with E-state index in [9.17, 15) is 8.42 Å². The zero-order chi connectivity index (χ0) is 15.6. The summed E-state index contributed by atoms with van der Waals surface area (Å²) < 4.78 is 25.0. The molecular formula is C16H27NO2S. The summed E-state index contributed by atoms with van der Waals surface area (Å²) >= 11 is 0. The van der Waals surface area contributed by atoms with Crippen molar-refractivity contribution >= 4 is 9.84 Å². The second-order valence-corrected chi connectivity index (χ2v) is 8.92. The van der Waals surface area contributed by atoms with Gasteiger partial charge in [-0.25, -0.2) is 8.42 Å². The molecule has 3 nitrogen and oxygen atoms in total. The Morgan fingerprint density at radius 1 is 1.10 bits per heavy atom. The summed E-state index contributed by atoms with van der Waals surface area (Å²) in [6, 6.07) is 7.49. The Labute approximate surface area is 123 Å². The van der Waals surface area contributed by atoms with E-state index < -0.39 is 9.84 Å². The molecule has 0 saturated heterocycles. The van der Waals surface area contributed by atoms with Crippen molar-refractivity contribution in [1.82, 2.24) is 5.32 Å². The summed E-state index contributed by atoms with van der Waals surface area (Å²) in [5.41, 5.74) is 1.18. The van der Waals surface area contributed by atoms with Crippen molar-refractivity contribution in [2.75, 3.05) is 7.05 Å². The lowest BCUT2D eigenvalue weighted by atomic mass is 9.87. The molecule has 0 amide bonds. The van der Waals surface area contributed by atoms with Gasteiger partial charge in [-0.3, -0.25) is 0 Å². The minimum Gasteiger partial charge on any atom is -0.317 e. The molecule has 0 aliphatic carbocycles. The Balaban J connectivity index is 2.99. The molecule has 0 fully saturated rings. The summed E-state index contributed by atoms with van der Waals surface area (Å²) in [5.74, 6) is 0. The maximum Gasteiger partial charge on any atom is 0.181 e. The molecule has 0 aromatic heterocycles. The molecule has 114 valence electrons. The van der Waals surface area contributed by atoms with Gasteiger partial charge < -0.3 is 5.32 Å². The van der Waals surface area contributed by atoms with Gasteiger partial charge in [0.05, 0.1) is 10.1 Å². The highest BCUT2D eigenvalue weighted by Crippen LogP contribution is 2.25. The zero-order valence-electron chi connectivity index (χ0n) is 13.4. The van der Waals surface area contributed by atoms with Crippen LogP contribution in [0.3, 0.4) is 0 Å². The first-order valence-corrected chi connectivity index (χ1v) is 8.65. The van der Waals surface area contributed by atoms with E-state index in [-0.39, 0.29) is 16.7 Å². The van der Waals surface area contributed by atoms with Gasteiger partial charge in [-0.05, 0) is 50.4 Å². The van der Waals surface area contributed by atoms with Crippen LogP contribution < -0.4 is 5.32 Å². The van der Waals surface area contributed by atoms with Gasteiger partial charge in [-0.1, -0.05) is 32.9 Å². The summed E-state index contributed by atoms with van der Waals surface area (Å²) in [7, 11) is -1.40. The lowest BCUT2D eigenvalue weighted by molar-refractivity contribution is 0.530. The summed E-state index contributed by atoms with van der Waals surface area (Å²) in [5, 5.41) is 2.70. The number of nitrogens with one attached hydrogen (secondary N) is 1. The summed E-state index contributed by atoms with van der Waals surface area (Å²) in [6.07, 6.45) is 0.611. The van der Waals surface area contributed by atoms with Crippen LogP contribution in [-0.2, 0) is 15.3 Å². The third kappa shape index (κ3) is 4.06. The molecule has 0 bridgehead atoms. The fourth-order valence-electron chi connectivity index (χ4n) is 2.12. The molecule has 1 rings (SSSR count). The molecule has 0 saturated carbocycles. The molecule has 0 aliphatic heterocycles. The molecule has 0 radical (unpaired) electrons. The molecule has 2 unspecified atom stereocenters. The summed E-state index contributed by atoms with van der Waals surface area (Å²) in [6.45, 7) is 10.1. The van der Waals surface area contributed by atoms with Crippen LogP contribution in [0.25, 0.3) is 0 Å². The monoisotopic (exact) mass is 297 g/mol. The molecular weight excluding hydrogens is 270 g/mol. The van der Waals surface area contributed by atoms with Gasteiger partial charge in [0.25, 0.3) is 0 Å². The molecule has 20 heavy (non-hydrogen) atoms. The van der Waals surface area contributed by atoms with Crippen molar-refractivity contribution < 1.29 is 8.42 Å². The maximum absolute atomic E-state index is 12.5. The smallest absolute Gasteiger partial charge is 0.181 e. The Morgan fingerprint density at radius 2 is 1.60 bits per heavy atom. The van der Waals surface area contributed by atoms with Gasteiger partial charge in [0.2, 0.25) is 0 Å². The summed E-state index contributed by atoms with van der Waals surface area (Å²) in [4.78, 5) is 0.418. The molecule has 0 heterocycles. The molecule has 1 N–H and O–H groups in total. The minimum absolute atomic E-state index is 0.0363. The van der Waals surface area contributed by atoms with Crippen LogP contribution in [0.2, 0.25) is 0 Å². The van der Waals surface area contributed by atoms with Gasteiger partial charge >= 0.3 is 0 Å². The third-order valence-corrected chi connectivity index (χ3v) is 5.94. The first-order valence-electron chi connectivity index (χ1n) is 7.10. The second kappa shape index (κ2) is 6.27. The van der Waals surface area contributed by atoms with E-state index in [0.29, 0.717) is 11.3 Å². The molecule has 2 atom stereocenters. The maximum atomic E-state index is 12.5. The van der Waals surface area contributed by atoms with E-state index >= 15 is 0 Å². The lowest BCUT2D eigenvalue weighted by Crippen LogP contribution is -2.29. The molecule has 4 heteroatoms. The van der Waals surface area contributed by atoms with E-state index in [2.05, 4.69) is 26.1 Å². The van der Waals surface area contributed by atoms with E-state index in [1.807, 2.05) is 26.1 Å². The van der Waals surface area contributed by atoms with E-state index in [1.54, 1.807) is 19.1 Å². The van der Waals surface area contributed by atoms with Gasteiger partial charge in [-0.2, -0.15) is 0 Å². The van der Waals surface area contributed by atoms with Crippen molar-refractivity contribution in [2.45, 2.75) is 62.6 Å².